The largest absolute Gasteiger partial charge is 0.481 e. The Kier molecular flexibility index (Phi) is 6.02. The van der Waals surface area contributed by atoms with E-state index in [0.717, 1.165) is 39.0 Å². The molecule has 1 aromatic carbocycles. The van der Waals surface area contributed by atoms with Gasteiger partial charge in [0.05, 0.1) is 19.1 Å². The second-order valence-corrected chi connectivity index (χ2v) is 5.29. The lowest BCUT2D eigenvalue weighted by molar-refractivity contribution is -0.137. The summed E-state index contributed by atoms with van der Waals surface area (Å²) in [6.07, 6.45) is 3.54. The van der Waals surface area contributed by atoms with Crippen LogP contribution in [-0.4, -0.2) is 48.3 Å². The minimum atomic E-state index is -0.716. The minimum absolute atomic E-state index is 0.236. The topological polar surface area (TPSA) is 49.8 Å². The van der Waals surface area contributed by atoms with Gasteiger partial charge in [0.1, 0.15) is 0 Å². The van der Waals surface area contributed by atoms with Crippen molar-refractivity contribution in [2.24, 2.45) is 0 Å². The van der Waals surface area contributed by atoms with E-state index in [0.29, 0.717) is 12.6 Å². The lowest BCUT2D eigenvalue weighted by atomic mass is 10.1. The third kappa shape index (κ3) is 5.31. The molecule has 2 rings (SSSR count). The maximum Gasteiger partial charge on any atom is 0.304 e. The van der Waals surface area contributed by atoms with Gasteiger partial charge in [0.25, 0.3) is 0 Å². The predicted octanol–water partition coefficient (Wildman–Crippen LogP) is 2.18. The Hall–Kier alpha value is -1.39. The molecule has 1 heterocycles. The van der Waals surface area contributed by atoms with E-state index in [9.17, 15) is 4.79 Å². The lowest BCUT2D eigenvalue weighted by Crippen LogP contribution is -2.38. The van der Waals surface area contributed by atoms with E-state index < -0.39 is 5.97 Å². The number of piperidine rings is 1. The first-order valence-corrected chi connectivity index (χ1v) is 7.34. The maximum atomic E-state index is 10.5. The number of likely N-dealkylation sites (tertiary alicyclic amines) is 1. The van der Waals surface area contributed by atoms with Crippen LogP contribution in [0.15, 0.2) is 30.3 Å². The number of carbonyl (C=O) groups is 1. The van der Waals surface area contributed by atoms with Crippen LogP contribution >= 0.6 is 0 Å². The van der Waals surface area contributed by atoms with Gasteiger partial charge < -0.3 is 14.7 Å². The van der Waals surface area contributed by atoms with Crippen molar-refractivity contribution in [2.75, 3.05) is 26.2 Å². The first-order valence-electron chi connectivity index (χ1n) is 7.34. The second kappa shape index (κ2) is 8.02. The Morgan fingerprint density at radius 3 is 2.60 bits per heavy atom. The first kappa shape index (κ1) is 15.0. The Bertz CT molecular complexity index is 399. The number of aliphatic carboxylic acids is 1. The van der Waals surface area contributed by atoms with E-state index in [1.165, 1.54) is 5.56 Å². The van der Waals surface area contributed by atoms with Crippen LogP contribution in [0.4, 0.5) is 0 Å². The summed E-state index contributed by atoms with van der Waals surface area (Å²) < 4.78 is 5.92. The van der Waals surface area contributed by atoms with Crippen molar-refractivity contribution in [3.8, 4) is 0 Å². The zero-order valence-corrected chi connectivity index (χ0v) is 11.8. The molecule has 0 aliphatic carbocycles. The Morgan fingerprint density at radius 1 is 1.25 bits per heavy atom. The first-order chi connectivity index (χ1) is 9.74. The zero-order chi connectivity index (χ0) is 14.2. The number of nitrogens with zero attached hydrogens (tertiary/aromatic N) is 1. The van der Waals surface area contributed by atoms with Crippen molar-refractivity contribution in [3.05, 3.63) is 35.9 Å². The van der Waals surface area contributed by atoms with E-state index in [-0.39, 0.29) is 6.42 Å². The molecule has 1 fully saturated rings. The van der Waals surface area contributed by atoms with Gasteiger partial charge in [0.15, 0.2) is 0 Å². The molecule has 1 aliphatic rings. The van der Waals surface area contributed by atoms with Crippen LogP contribution < -0.4 is 0 Å². The molecule has 0 amide bonds. The summed E-state index contributed by atoms with van der Waals surface area (Å²) in [6.45, 7) is 3.32. The molecule has 110 valence electrons. The summed E-state index contributed by atoms with van der Waals surface area (Å²) in [5, 5.41) is 8.67. The summed E-state index contributed by atoms with van der Waals surface area (Å²) in [5.74, 6) is -0.716. The number of carboxylic acids is 1. The van der Waals surface area contributed by atoms with Gasteiger partial charge in [-0.05, 0) is 24.8 Å². The highest BCUT2D eigenvalue weighted by atomic mass is 16.5. The monoisotopic (exact) mass is 277 g/mol. The normalized spacial score (nSPS) is 17.2. The second-order valence-electron chi connectivity index (χ2n) is 5.29. The van der Waals surface area contributed by atoms with Crippen LogP contribution in [0, 0.1) is 0 Å². The lowest BCUT2D eigenvalue weighted by Gasteiger charge is -2.31. The van der Waals surface area contributed by atoms with Gasteiger partial charge in [0.2, 0.25) is 0 Å². The minimum Gasteiger partial charge on any atom is -0.481 e. The summed E-state index contributed by atoms with van der Waals surface area (Å²) in [7, 11) is 0. The van der Waals surface area contributed by atoms with Gasteiger partial charge in [0, 0.05) is 19.6 Å². The van der Waals surface area contributed by atoms with E-state index in [4.69, 9.17) is 9.84 Å². The fraction of sp³-hybridized carbons (Fsp3) is 0.562. The highest BCUT2D eigenvalue weighted by Gasteiger charge is 2.19. The molecule has 0 atom stereocenters. The average Bonchev–Trinajstić information content (AvgIpc) is 2.47. The van der Waals surface area contributed by atoms with Crippen LogP contribution in [0.3, 0.4) is 0 Å². The van der Waals surface area contributed by atoms with Crippen LogP contribution in [0.1, 0.15) is 24.8 Å². The van der Waals surface area contributed by atoms with Crippen molar-refractivity contribution in [1.82, 2.24) is 4.90 Å². The molecule has 1 N–H and O–H groups in total. The molecule has 0 radical (unpaired) electrons. The Balaban J connectivity index is 1.59. The molecular weight excluding hydrogens is 254 g/mol. The molecular formula is C16H23NO3. The van der Waals surface area contributed by atoms with Crippen molar-refractivity contribution in [3.63, 3.8) is 0 Å². The van der Waals surface area contributed by atoms with Crippen molar-refractivity contribution in [2.45, 2.75) is 31.8 Å². The molecule has 4 nitrogen and oxygen atoms in total. The van der Waals surface area contributed by atoms with Crippen LogP contribution in [0.5, 0.6) is 0 Å². The van der Waals surface area contributed by atoms with Gasteiger partial charge in [-0.15, -0.1) is 0 Å². The summed E-state index contributed by atoms with van der Waals surface area (Å²) >= 11 is 0. The zero-order valence-electron chi connectivity index (χ0n) is 11.8. The van der Waals surface area contributed by atoms with E-state index in [1.807, 2.05) is 6.07 Å². The molecule has 0 spiro atoms. The van der Waals surface area contributed by atoms with E-state index >= 15 is 0 Å². The third-order valence-electron chi connectivity index (χ3n) is 3.76. The molecule has 0 bridgehead atoms. The fourth-order valence-corrected chi connectivity index (χ4v) is 2.54. The molecule has 20 heavy (non-hydrogen) atoms. The molecule has 1 aliphatic heterocycles. The average molecular weight is 277 g/mol. The smallest absolute Gasteiger partial charge is 0.304 e. The van der Waals surface area contributed by atoms with Crippen molar-refractivity contribution in [1.29, 1.82) is 0 Å². The van der Waals surface area contributed by atoms with Crippen molar-refractivity contribution < 1.29 is 14.6 Å². The number of hydrogen-bond donors (Lipinski definition) is 1. The maximum absolute atomic E-state index is 10.5. The SMILES string of the molecule is O=C(O)CCN1CCC(OCCc2ccccc2)CC1. The van der Waals surface area contributed by atoms with Crippen LogP contribution in [0.25, 0.3) is 0 Å². The van der Waals surface area contributed by atoms with E-state index in [2.05, 4.69) is 29.2 Å². The summed E-state index contributed by atoms with van der Waals surface area (Å²) in [6, 6.07) is 10.4. The molecule has 0 aromatic heterocycles. The molecule has 1 saturated heterocycles. The van der Waals surface area contributed by atoms with Crippen molar-refractivity contribution >= 4 is 5.97 Å². The fourth-order valence-electron chi connectivity index (χ4n) is 2.54. The molecule has 4 heteroatoms. The Morgan fingerprint density at radius 2 is 1.95 bits per heavy atom. The van der Waals surface area contributed by atoms with Crippen LogP contribution in [0.2, 0.25) is 0 Å². The molecule has 1 aromatic rings. The predicted molar refractivity (Wildman–Crippen MR) is 77.8 cm³/mol. The van der Waals surface area contributed by atoms with Gasteiger partial charge in [-0.2, -0.15) is 0 Å². The molecule has 0 saturated carbocycles. The summed E-state index contributed by atoms with van der Waals surface area (Å²) in [4.78, 5) is 12.7. The number of ether oxygens (including phenoxy) is 1. The van der Waals surface area contributed by atoms with Gasteiger partial charge >= 0.3 is 5.97 Å². The van der Waals surface area contributed by atoms with Gasteiger partial charge in [-0.1, -0.05) is 30.3 Å². The number of rotatable bonds is 7. The quantitative estimate of drug-likeness (QED) is 0.830. The highest BCUT2D eigenvalue weighted by Crippen LogP contribution is 2.14. The number of hydrogen-bond acceptors (Lipinski definition) is 3. The van der Waals surface area contributed by atoms with Gasteiger partial charge in [-0.3, -0.25) is 4.79 Å². The Labute approximate surface area is 120 Å². The number of benzene rings is 1. The number of carboxylic acid groups (broad SMARTS) is 1. The van der Waals surface area contributed by atoms with Crippen LogP contribution in [-0.2, 0) is 16.0 Å². The third-order valence-corrected chi connectivity index (χ3v) is 3.76. The standard InChI is InChI=1S/C16H23NO3/c18-16(19)8-12-17-10-6-15(7-11-17)20-13-9-14-4-2-1-3-5-14/h1-5,15H,6-13H2,(H,18,19). The molecule has 0 unspecified atom stereocenters. The highest BCUT2D eigenvalue weighted by molar-refractivity contribution is 5.66. The van der Waals surface area contributed by atoms with E-state index in [1.54, 1.807) is 0 Å². The van der Waals surface area contributed by atoms with Gasteiger partial charge in [-0.25, -0.2) is 0 Å². The summed E-state index contributed by atoms with van der Waals surface area (Å²) in [5.41, 5.74) is 1.31.